The van der Waals surface area contributed by atoms with E-state index in [0.29, 0.717) is 17.5 Å². The van der Waals surface area contributed by atoms with Crippen molar-refractivity contribution in [3.63, 3.8) is 0 Å². The Hall–Kier alpha value is -8.41. The van der Waals surface area contributed by atoms with E-state index in [9.17, 15) is 0 Å². The fraction of sp³-hybridized carbons (Fsp3) is 0. The van der Waals surface area contributed by atoms with E-state index in [4.69, 9.17) is 15.0 Å². The van der Waals surface area contributed by atoms with Crippen LogP contribution in [0.4, 0.5) is 0 Å². The van der Waals surface area contributed by atoms with Crippen LogP contribution in [0.2, 0.25) is 0 Å². The van der Waals surface area contributed by atoms with Crippen LogP contribution in [-0.2, 0) is 0 Å². The van der Waals surface area contributed by atoms with Gasteiger partial charge < -0.3 is 9.13 Å². The summed E-state index contributed by atoms with van der Waals surface area (Å²) in [5.74, 6) is 1.82. The molecule has 62 heavy (non-hydrogen) atoms. The molecule has 5 heteroatoms. The Kier molecular flexibility index (Phi) is 8.42. The number of hydrogen-bond donors (Lipinski definition) is 0. The van der Waals surface area contributed by atoms with Gasteiger partial charge >= 0.3 is 0 Å². The lowest BCUT2D eigenvalue weighted by Gasteiger charge is -2.19. The van der Waals surface area contributed by atoms with Gasteiger partial charge in [-0.15, -0.1) is 0 Å². The van der Waals surface area contributed by atoms with Gasteiger partial charge in [0.25, 0.3) is 0 Å². The summed E-state index contributed by atoms with van der Waals surface area (Å²) in [7, 11) is 0. The molecule has 0 saturated heterocycles. The highest BCUT2D eigenvalue weighted by molar-refractivity contribution is 6.12. The van der Waals surface area contributed by atoms with Crippen LogP contribution in [0.15, 0.2) is 224 Å². The number of fused-ring (bicyclic) bond motifs is 6. The van der Waals surface area contributed by atoms with E-state index in [-0.39, 0.29) is 0 Å². The zero-order chi connectivity index (χ0) is 41.0. The smallest absolute Gasteiger partial charge is 0.166 e. The van der Waals surface area contributed by atoms with Gasteiger partial charge in [-0.25, -0.2) is 15.0 Å². The Morgan fingerprint density at radius 3 is 1.35 bits per heavy atom. The van der Waals surface area contributed by atoms with Gasteiger partial charge in [0.15, 0.2) is 17.5 Å². The molecule has 0 atom stereocenters. The standard InChI is InChI=1S/C57H37N5/c1-4-18-38(19-5-1)41-24-16-25-42(36-41)56-58-55(40-22-8-3-9-23-40)59-57(60-56)49-30-17-29-44(39-20-6-2-7-21-39)54(49)62-52-33-15-12-28-47(52)48-35-34-43(37-53(48)62)61-50-31-13-10-26-45(50)46-27-11-14-32-51(46)61/h1-37H. The minimum Gasteiger partial charge on any atom is -0.309 e. The lowest BCUT2D eigenvalue weighted by molar-refractivity contribution is 1.06. The molecule has 9 aromatic carbocycles. The summed E-state index contributed by atoms with van der Waals surface area (Å²) in [5, 5.41) is 4.80. The molecule has 12 aromatic rings. The molecule has 0 saturated carbocycles. The van der Waals surface area contributed by atoms with E-state index in [1.54, 1.807) is 0 Å². The Bertz CT molecular complexity index is 3570. The molecule has 0 aliphatic rings. The maximum Gasteiger partial charge on any atom is 0.166 e. The Morgan fingerprint density at radius 1 is 0.258 bits per heavy atom. The monoisotopic (exact) mass is 791 g/mol. The summed E-state index contributed by atoms with van der Waals surface area (Å²) in [5.41, 5.74) is 13.8. The van der Waals surface area contributed by atoms with Crippen molar-refractivity contribution in [2.75, 3.05) is 0 Å². The molecule has 3 aromatic heterocycles. The van der Waals surface area contributed by atoms with Crippen molar-refractivity contribution in [3.05, 3.63) is 224 Å². The van der Waals surface area contributed by atoms with Gasteiger partial charge in [0.2, 0.25) is 0 Å². The molecule has 0 amide bonds. The number of para-hydroxylation sites is 4. The zero-order valence-corrected chi connectivity index (χ0v) is 33.6. The van der Waals surface area contributed by atoms with Crippen molar-refractivity contribution in [1.29, 1.82) is 0 Å². The zero-order valence-electron chi connectivity index (χ0n) is 33.6. The minimum atomic E-state index is 0.594. The highest BCUT2D eigenvalue weighted by Gasteiger charge is 2.23. The van der Waals surface area contributed by atoms with E-state index in [1.165, 1.54) is 27.2 Å². The lowest BCUT2D eigenvalue weighted by Crippen LogP contribution is -2.05. The third-order valence-corrected chi connectivity index (χ3v) is 12.0. The van der Waals surface area contributed by atoms with Gasteiger partial charge in [-0.1, -0.05) is 182 Å². The average Bonchev–Trinajstić information content (AvgIpc) is 3.87. The highest BCUT2D eigenvalue weighted by atomic mass is 15.1. The molecule has 0 fully saturated rings. The second-order valence-corrected chi connectivity index (χ2v) is 15.6. The summed E-state index contributed by atoms with van der Waals surface area (Å²) >= 11 is 0. The van der Waals surface area contributed by atoms with E-state index in [2.05, 4.69) is 209 Å². The van der Waals surface area contributed by atoms with E-state index in [0.717, 1.165) is 66.7 Å². The van der Waals surface area contributed by atoms with Crippen molar-refractivity contribution in [2.45, 2.75) is 0 Å². The molecule has 3 heterocycles. The first-order chi connectivity index (χ1) is 30.8. The summed E-state index contributed by atoms with van der Waals surface area (Å²) in [4.78, 5) is 15.9. The number of benzene rings is 9. The summed E-state index contributed by atoms with van der Waals surface area (Å²) in [6, 6.07) is 79.3. The molecule has 0 aliphatic carbocycles. The molecule has 0 aliphatic heterocycles. The van der Waals surface area contributed by atoms with Crippen LogP contribution in [0, 0.1) is 0 Å². The second kappa shape index (κ2) is 14.7. The van der Waals surface area contributed by atoms with E-state index >= 15 is 0 Å². The first-order valence-electron chi connectivity index (χ1n) is 21.0. The molecule has 0 N–H and O–H groups in total. The normalized spacial score (nSPS) is 11.5. The van der Waals surface area contributed by atoms with Crippen LogP contribution in [-0.4, -0.2) is 24.1 Å². The summed E-state index contributed by atoms with van der Waals surface area (Å²) in [6.07, 6.45) is 0. The predicted molar refractivity (Wildman–Crippen MR) is 256 cm³/mol. The topological polar surface area (TPSA) is 48.5 Å². The van der Waals surface area contributed by atoms with Gasteiger partial charge in [0, 0.05) is 49.5 Å². The van der Waals surface area contributed by atoms with Gasteiger partial charge in [0.05, 0.1) is 27.8 Å². The van der Waals surface area contributed by atoms with E-state index in [1.807, 2.05) is 24.3 Å². The molecule has 290 valence electrons. The average molecular weight is 792 g/mol. The van der Waals surface area contributed by atoms with Crippen LogP contribution < -0.4 is 0 Å². The van der Waals surface area contributed by atoms with Gasteiger partial charge in [-0.05, 0) is 59.2 Å². The molecule has 5 nitrogen and oxygen atoms in total. The largest absolute Gasteiger partial charge is 0.309 e. The summed E-state index contributed by atoms with van der Waals surface area (Å²) < 4.78 is 4.82. The first-order valence-corrected chi connectivity index (χ1v) is 21.0. The maximum atomic E-state index is 5.39. The first kappa shape index (κ1) is 35.5. The molecule has 0 bridgehead atoms. The van der Waals surface area contributed by atoms with Crippen molar-refractivity contribution >= 4 is 43.6 Å². The Morgan fingerprint density at radius 2 is 0.710 bits per heavy atom. The fourth-order valence-electron chi connectivity index (χ4n) is 9.17. The van der Waals surface area contributed by atoms with Gasteiger partial charge in [0.1, 0.15) is 0 Å². The van der Waals surface area contributed by atoms with Crippen LogP contribution in [0.5, 0.6) is 0 Å². The van der Waals surface area contributed by atoms with Crippen molar-refractivity contribution < 1.29 is 0 Å². The minimum absolute atomic E-state index is 0.594. The van der Waals surface area contributed by atoms with Crippen LogP contribution in [0.3, 0.4) is 0 Å². The SMILES string of the molecule is c1ccc(-c2cccc(-c3nc(-c4ccccc4)nc(-c4cccc(-c5ccccc5)c4-n4c5ccccc5c5ccc(-n6c7ccccc7c7ccccc76)cc54)n3)c2)cc1. The molecule has 0 radical (unpaired) electrons. The fourth-order valence-corrected chi connectivity index (χ4v) is 9.17. The van der Waals surface area contributed by atoms with Gasteiger partial charge in [-0.3, -0.25) is 0 Å². The highest BCUT2D eigenvalue weighted by Crippen LogP contribution is 2.42. The number of rotatable bonds is 7. The van der Waals surface area contributed by atoms with E-state index < -0.39 is 0 Å². The molecule has 12 rings (SSSR count). The Balaban J connectivity index is 1.16. The maximum absolute atomic E-state index is 5.39. The lowest BCUT2D eigenvalue weighted by atomic mass is 9.98. The molecule has 0 spiro atoms. The van der Waals surface area contributed by atoms with Crippen LogP contribution in [0.25, 0.3) is 111 Å². The van der Waals surface area contributed by atoms with Crippen molar-refractivity contribution in [1.82, 2.24) is 24.1 Å². The molecule has 0 unspecified atom stereocenters. The quantitative estimate of drug-likeness (QED) is 0.162. The summed E-state index contributed by atoms with van der Waals surface area (Å²) in [6.45, 7) is 0. The second-order valence-electron chi connectivity index (χ2n) is 15.6. The number of nitrogens with zero attached hydrogens (tertiary/aromatic N) is 5. The van der Waals surface area contributed by atoms with Crippen LogP contribution >= 0.6 is 0 Å². The third-order valence-electron chi connectivity index (χ3n) is 12.0. The number of aromatic nitrogens is 5. The number of hydrogen-bond acceptors (Lipinski definition) is 3. The molecular weight excluding hydrogens is 755 g/mol. The Labute approximate surface area is 358 Å². The molecular formula is C57H37N5. The van der Waals surface area contributed by atoms with Crippen LogP contribution in [0.1, 0.15) is 0 Å². The third kappa shape index (κ3) is 5.90. The van der Waals surface area contributed by atoms with Crippen molar-refractivity contribution in [2.24, 2.45) is 0 Å². The van der Waals surface area contributed by atoms with Gasteiger partial charge in [-0.2, -0.15) is 0 Å². The predicted octanol–water partition coefficient (Wildman–Crippen LogP) is 14.4. The van der Waals surface area contributed by atoms with Crippen molar-refractivity contribution in [3.8, 4) is 67.8 Å².